The molecule has 4 nitrogen and oxygen atoms in total. The van der Waals surface area contributed by atoms with Crippen LogP contribution in [0.2, 0.25) is 0 Å². The van der Waals surface area contributed by atoms with E-state index in [0.717, 1.165) is 37.9 Å². The summed E-state index contributed by atoms with van der Waals surface area (Å²) in [5.74, 6) is 0.903. The number of aryl methyl sites for hydroxylation is 1. The van der Waals surface area contributed by atoms with Gasteiger partial charge in [0, 0.05) is 38.5 Å². The zero-order valence-corrected chi connectivity index (χ0v) is 12.1. The molecule has 19 heavy (non-hydrogen) atoms. The number of rotatable bonds is 9. The van der Waals surface area contributed by atoms with Crippen molar-refractivity contribution in [3.63, 3.8) is 0 Å². The summed E-state index contributed by atoms with van der Waals surface area (Å²) in [6.45, 7) is 10.6. The standard InChI is InChI=1S/C15H25N3O/c1-4-7-18-12-15(13(2)16-18)11-17(8-9-19-3)10-14-5-6-14/h4,12,14H,1,5-11H2,2-3H3. The van der Waals surface area contributed by atoms with Gasteiger partial charge in [-0.1, -0.05) is 6.08 Å². The van der Waals surface area contributed by atoms with Crippen molar-refractivity contribution in [1.82, 2.24) is 14.7 Å². The van der Waals surface area contributed by atoms with Gasteiger partial charge in [0.15, 0.2) is 0 Å². The lowest BCUT2D eigenvalue weighted by atomic mass is 10.2. The van der Waals surface area contributed by atoms with Gasteiger partial charge in [-0.05, 0) is 25.7 Å². The molecule has 4 heteroatoms. The lowest BCUT2D eigenvalue weighted by Crippen LogP contribution is -2.29. The first-order valence-electron chi connectivity index (χ1n) is 7.08. The highest BCUT2D eigenvalue weighted by Gasteiger charge is 2.24. The fourth-order valence-electron chi connectivity index (χ4n) is 2.30. The second-order valence-corrected chi connectivity index (χ2v) is 5.42. The molecule has 0 radical (unpaired) electrons. The molecule has 0 atom stereocenters. The normalized spacial score (nSPS) is 15.1. The molecule has 1 aliphatic carbocycles. The third-order valence-corrected chi connectivity index (χ3v) is 3.58. The summed E-state index contributed by atoms with van der Waals surface area (Å²) in [5, 5.41) is 4.52. The molecular weight excluding hydrogens is 238 g/mol. The van der Waals surface area contributed by atoms with Crippen LogP contribution in [0.1, 0.15) is 24.1 Å². The smallest absolute Gasteiger partial charge is 0.0638 e. The Labute approximate surface area is 116 Å². The summed E-state index contributed by atoms with van der Waals surface area (Å²) < 4.78 is 7.17. The predicted octanol–water partition coefficient (Wildman–Crippen LogP) is 2.24. The predicted molar refractivity (Wildman–Crippen MR) is 77.0 cm³/mol. The molecule has 106 valence electrons. The van der Waals surface area contributed by atoms with Crippen molar-refractivity contribution < 1.29 is 4.74 Å². The first kappa shape index (κ1) is 14.3. The summed E-state index contributed by atoms with van der Waals surface area (Å²) >= 11 is 0. The van der Waals surface area contributed by atoms with Gasteiger partial charge in [-0.3, -0.25) is 9.58 Å². The van der Waals surface area contributed by atoms with Gasteiger partial charge in [-0.2, -0.15) is 5.10 Å². The van der Waals surface area contributed by atoms with Crippen LogP contribution in [0, 0.1) is 12.8 Å². The second-order valence-electron chi connectivity index (χ2n) is 5.42. The van der Waals surface area contributed by atoms with E-state index in [2.05, 4.69) is 29.7 Å². The summed E-state index contributed by atoms with van der Waals surface area (Å²) in [5.41, 5.74) is 2.44. The van der Waals surface area contributed by atoms with Crippen LogP contribution in [0.3, 0.4) is 0 Å². The molecule has 0 N–H and O–H groups in total. The molecule has 1 heterocycles. The minimum absolute atomic E-state index is 0.779. The molecule has 0 amide bonds. The van der Waals surface area contributed by atoms with Gasteiger partial charge in [0.25, 0.3) is 0 Å². The van der Waals surface area contributed by atoms with Gasteiger partial charge in [-0.25, -0.2) is 0 Å². The molecule has 0 saturated heterocycles. The fourth-order valence-corrected chi connectivity index (χ4v) is 2.30. The number of aromatic nitrogens is 2. The van der Waals surface area contributed by atoms with E-state index in [1.165, 1.54) is 24.9 Å². The van der Waals surface area contributed by atoms with Crippen LogP contribution in [-0.2, 0) is 17.8 Å². The fraction of sp³-hybridized carbons (Fsp3) is 0.667. The van der Waals surface area contributed by atoms with Crippen molar-refractivity contribution in [2.24, 2.45) is 5.92 Å². The first-order chi connectivity index (χ1) is 9.22. The summed E-state index contributed by atoms with van der Waals surface area (Å²) in [6.07, 6.45) is 6.79. The Morgan fingerprint density at radius 3 is 3.00 bits per heavy atom. The number of nitrogens with zero attached hydrogens (tertiary/aromatic N) is 3. The molecule has 0 aliphatic heterocycles. The van der Waals surface area contributed by atoms with E-state index in [-0.39, 0.29) is 0 Å². The monoisotopic (exact) mass is 263 g/mol. The molecule has 2 rings (SSSR count). The Hall–Kier alpha value is -1.13. The molecule has 1 aromatic rings. The van der Waals surface area contributed by atoms with E-state index in [0.29, 0.717) is 0 Å². The van der Waals surface area contributed by atoms with Crippen LogP contribution >= 0.6 is 0 Å². The molecular formula is C15H25N3O. The average molecular weight is 263 g/mol. The van der Waals surface area contributed by atoms with E-state index >= 15 is 0 Å². The quantitative estimate of drug-likeness (QED) is 0.640. The third-order valence-electron chi connectivity index (χ3n) is 3.58. The number of ether oxygens (including phenoxy) is 1. The Bertz CT molecular complexity index is 410. The summed E-state index contributed by atoms with van der Waals surface area (Å²) in [6, 6.07) is 0. The van der Waals surface area contributed by atoms with Crippen molar-refractivity contribution in [2.75, 3.05) is 26.8 Å². The lowest BCUT2D eigenvalue weighted by Gasteiger charge is -2.21. The van der Waals surface area contributed by atoms with E-state index in [9.17, 15) is 0 Å². The highest BCUT2D eigenvalue weighted by atomic mass is 16.5. The SMILES string of the molecule is C=CCn1cc(CN(CCOC)CC2CC2)c(C)n1. The molecule has 1 aliphatic rings. The molecule has 0 spiro atoms. The van der Waals surface area contributed by atoms with E-state index in [1.54, 1.807) is 7.11 Å². The average Bonchev–Trinajstić information content (AvgIpc) is 3.12. The lowest BCUT2D eigenvalue weighted by molar-refractivity contribution is 0.141. The van der Waals surface area contributed by atoms with Crippen LogP contribution in [0.25, 0.3) is 0 Å². The maximum Gasteiger partial charge on any atom is 0.0638 e. The van der Waals surface area contributed by atoms with Gasteiger partial charge >= 0.3 is 0 Å². The van der Waals surface area contributed by atoms with Gasteiger partial charge in [0.2, 0.25) is 0 Å². The van der Waals surface area contributed by atoms with E-state index in [1.807, 2.05) is 10.8 Å². The maximum atomic E-state index is 5.21. The Balaban J connectivity index is 1.95. The van der Waals surface area contributed by atoms with Crippen molar-refractivity contribution in [3.05, 3.63) is 30.1 Å². The largest absolute Gasteiger partial charge is 0.383 e. The Morgan fingerprint density at radius 1 is 1.58 bits per heavy atom. The van der Waals surface area contributed by atoms with Crippen LogP contribution in [-0.4, -0.2) is 41.5 Å². The van der Waals surface area contributed by atoms with Crippen molar-refractivity contribution in [3.8, 4) is 0 Å². The zero-order chi connectivity index (χ0) is 13.7. The third kappa shape index (κ3) is 4.48. The number of allylic oxidation sites excluding steroid dienone is 1. The molecule has 1 aromatic heterocycles. The second kappa shape index (κ2) is 6.87. The summed E-state index contributed by atoms with van der Waals surface area (Å²) in [7, 11) is 1.77. The van der Waals surface area contributed by atoms with Crippen LogP contribution in [0.4, 0.5) is 0 Å². The Kier molecular flexibility index (Phi) is 5.16. The maximum absolute atomic E-state index is 5.21. The van der Waals surface area contributed by atoms with Crippen LogP contribution in [0.15, 0.2) is 18.9 Å². The highest BCUT2D eigenvalue weighted by molar-refractivity contribution is 5.15. The number of hydrogen-bond acceptors (Lipinski definition) is 3. The van der Waals surface area contributed by atoms with Gasteiger partial charge in [-0.15, -0.1) is 6.58 Å². The van der Waals surface area contributed by atoms with Crippen molar-refractivity contribution in [1.29, 1.82) is 0 Å². The first-order valence-corrected chi connectivity index (χ1v) is 7.08. The van der Waals surface area contributed by atoms with Crippen molar-refractivity contribution in [2.45, 2.75) is 32.9 Å². The van der Waals surface area contributed by atoms with Gasteiger partial charge in [0.1, 0.15) is 0 Å². The molecule has 0 unspecified atom stereocenters. The number of methoxy groups -OCH3 is 1. The minimum atomic E-state index is 0.779. The molecule has 1 fully saturated rings. The Morgan fingerprint density at radius 2 is 2.37 bits per heavy atom. The zero-order valence-electron chi connectivity index (χ0n) is 12.1. The number of hydrogen-bond donors (Lipinski definition) is 0. The molecule has 1 saturated carbocycles. The topological polar surface area (TPSA) is 30.3 Å². The van der Waals surface area contributed by atoms with Crippen LogP contribution in [0.5, 0.6) is 0 Å². The van der Waals surface area contributed by atoms with Crippen molar-refractivity contribution >= 4 is 0 Å². The van der Waals surface area contributed by atoms with E-state index in [4.69, 9.17) is 4.74 Å². The van der Waals surface area contributed by atoms with Gasteiger partial charge in [0.05, 0.1) is 18.8 Å². The van der Waals surface area contributed by atoms with E-state index < -0.39 is 0 Å². The molecule has 0 aromatic carbocycles. The summed E-state index contributed by atoms with van der Waals surface area (Å²) in [4.78, 5) is 2.49. The minimum Gasteiger partial charge on any atom is -0.383 e. The van der Waals surface area contributed by atoms with Crippen LogP contribution < -0.4 is 0 Å². The van der Waals surface area contributed by atoms with Gasteiger partial charge < -0.3 is 4.74 Å². The molecule has 0 bridgehead atoms. The highest BCUT2D eigenvalue weighted by Crippen LogP contribution is 2.30.